The van der Waals surface area contributed by atoms with Crippen LogP contribution in [0.15, 0.2) is 421 Å². The molecule has 0 saturated carbocycles. The molecule has 0 atom stereocenters. The van der Waals surface area contributed by atoms with E-state index in [1.165, 1.54) is 7.11 Å². The van der Waals surface area contributed by atoms with Gasteiger partial charge in [0.2, 0.25) is 0 Å². The molecule has 1 aromatic heterocycles. The normalized spacial score (nSPS) is 10.1. The zero-order chi connectivity index (χ0) is 77.1. The van der Waals surface area contributed by atoms with Crippen LogP contribution < -0.4 is 40.8 Å². The van der Waals surface area contributed by atoms with E-state index in [1.807, 2.05) is 243 Å². The largest absolute Gasteiger partial charge is 1.00 e. The van der Waals surface area contributed by atoms with Crippen LogP contribution in [-0.2, 0) is 11.2 Å². The van der Waals surface area contributed by atoms with Gasteiger partial charge in [0.1, 0.15) is 17.5 Å². The molecule has 3 N–H and O–H groups in total. The first-order valence-electron chi connectivity index (χ1n) is 35.4. The van der Waals surface area contributed by atoms with E-state index in [9.17, 15) is 28.8 Å². The molecule has 0 unspecified atom stereocenters. The molecule has 112 heavy (non-hydrogen) atoms. The molecule has 0 aliphatic rings. The summed E-state index contributed by atoms with van der Waals surface area (Å²) in [5.41, 5.74) is 17.1. The number of halogens is 3. The number of hydrazine groups is 1. The first-order valence-corrected chi connectivity index (χ1v) is 37.0. The van der Waals surface area contributed by atoms with Gasteiger partial charge >= 0.3 is 35.5 Å². The van der Waals surface area contributed by atoms with Gasteiger partial charge in [0.25, 0.3) is 0 Å². The molecule has 0 radical (unpaired) electrons. The minimum atomic E-state index is -0.819. The Bertz CT molecular complexity index is 5090. The van der Waals surface area contributed by atoms with Crippen LogP contribution in [-0.4, -0.2) is 51.8 Å². The fourth-order valence-corrected chi connectivity index (χ4v) is 12.2. The predicted molar refractivity (Wildman–Crippen MR) is 458 cm³/mol. The number of benzene rings is 14. The summed E-state index contributed by atoms with van der Waals surface area (Å²) in [5, 5.41) is 5.13. The number of carbonyl (C=O) groups excluding carboxylic acids is 6. The number of nitrogens with two attached hydrogens (primary N) is 1. The van der Waals surface area contributed by atoms with Crippen molar-refractivity contribution in [1.29, 1.82) is 0 Å². The maximum absolute atomic E-state index is 12.9. The third-order valence-electron chi connectivity index (χ3n) is 17.2. The summed E-state index contributed by atoms with van der Waals surface area (Å²) in [5.74, 6) is 2.67. The van der Waals surface area contributed by atoms with Gasteiger partial charge in [-0.2, -0.15) is 5.10 Å². The number of nitrogen functional groups attached to an aromatic ring is 1. The van der Waals surface area contributed by atoms with Crippen LogP contribution in [0, 0.1) is 0 Å². The SMILES string of the molecule is Brc1ccc(-n2nc(-c3ccccc3)c(-c3ccccc3)c2-c2ccccc2)cc1.COC(=O)c1ccccc1.Cl.NNc1ccc(Br)cc1.O=C(Cc1ccccc1)c1ccccc1.O=C(c1ccccc1)C(C(=O)c1ccccc1)c1ccccc1.O=C(c1ccccc1)C(C(=O)c1ccccc1)c1ccccc1.[H-].[Na+]. The van der Waals surface area contributed by atoms with Gasteiger partial charge < -0.3 is 11.6 Å². The smallest absolute Gasteiger partial charge is 1.00 e. The summed E-state index contributed by atoms with van der Waals surface area (Å²) in [4.78, 5) is 74.4. The van der Waals surface area contributed by atoms with Crippen LogP contribution in [0.3, 0.4) is 0 Å². The van der Waals surface area contributed by atoms with Gasteiger partial charge in [0.05, 0.1) is 24.1 Å². The Morgan fingerprint density at radius 2 is 0.652 bits per heavy atom. The zero-order valence-electron chi connectivity index (χ0n) is 62.6. The van der Waals surface area contributed by atoms with Crippen molar-refractivity contribution in [2.45, 2.75) is 18.3 Å². The van der Waals surface area contributed by atoms with Crippen LogP contribution in [0.2, 0.25) is 0 Å². The second kappa shape index (κ2) is 45.9. The van der Waals surface area contributed by atoms with E-state index in [0.29, 0.717) is 34.2 Å². The molecule has 552 valence electrons. The summed E-state index contributed by atoms with van der Waals surface area (Å²) in [7, 11) is 1.37. The molecule has 0 aliphatic heterocycles. The summed E-state index contributed by atoms with van der Waals surface area (Å²) >= 11 is 6.85. The zero-order valence-corrected chi connectivity index (χ0v) is 67.6. The minimum absolute atomic E-state index is 0. The fraction of sp³-hybridized carbons (Fsp3) is 0.0412. The van der Waals surface area contributed by atoms with Crippen LogP contribution in [0.4, 0.5) is 5.69 Å². The number of esters is 1. The average molecular weight is 1630 g/mol. The summed E-state index contributed by atoms with van der Waals surface area (Å²) in [6.07, 6.45) is 0.477. The van der Waals surface area contributed by atoms with Crippen molar-refractivity contribution < 1.29 is 64.5 Å². The molecule has 14 aromatic carbocycles. The monoisotopic (exact) mass is 1630 g/mol. The molecule has 0 fully saturated rings. The number of ketones is 5. The molecular formula is C97H80Br2ClN4NaO7. The third-order valence-corrected chi connectivity index (χ3v) is 18.2. The molecule has 15 aromatic rings. The van der Waals surface area contributed by atoms with Crippen LogP contribution in [0.1, 0.15) is 92.1 Å². The van der Waals surface area contributed by atoms with Crippen molar-refractivity contribution >= 4 is 84.8 Å². The van der Waals surface area contributed by atoms with Gasteiger partial charge in [-0.25, -0.2) is 9.48 Å². The Morgan fingerprint density at radius 3 is 0.991 bits per heavy atom. The molecule has 0 bridgehead atoms. The van der Waals surface area contributed by atoms with Crippen molar-refractivity contribution in [3.63, 3.8) is 0 Å². The molecule has 0 amide bonds. The summed E-state index contributed by atoms with van der Waals surface area (Å²) < 4.78 is 8.66. The Morgan fingerprint density at radius 1 is 0.366 bits per heavy atom. The summed E-state index contributed by atoms with van der Waals surface area (Å²) in [6.45, 7) is 0. The fourth-order valence-electron chi connectivity index (χ4n) is 11.7. The van der Waals surface area contributed by atoms with E-state index in [2.05, 4.69) is 144 Å². The average Bonchev–Trinajstić information content (AvgIpc) is 1.60. The van der Waals surface area contributed by atoms with Crippen molar-refractivity contribution in [2.24, 2.45) is 5.84 Å². The van der Waals surface area contributed by atoms with E-state index in [1.54, 1.807) is 72.8 Å². The standard InChI is InChI=1S/C27H19BrN2.2C21H16O2.C14H12O.C8H8O2.C6H7BrN2.ClH.Na.H/c28-23-16-18-24(19-17-23)30-27(22-14-8-3-9-15-22)25(20-10-4-1-5-11-20)26(29-30)21-12-6-2-7-13-21;2*22-20(17-12-6-2-7-13-17)19(16-10-4-1-5-11-16)21(23)18-14-8-3-9-15-18;15-14(13-9-5-2-6-10-13)11-12-7-3-1-4-8-12;1-10-8(9)7-5-3-2-4-6-7;7-5-1-3-6(9-8)4-2-5;;;/h1-19H;2*1-15,19H;1-10H,11H2;2-6H,1H3;1-4,9H,8H2;1H;;/q;;;;;;;+1;-1. The molecule has 0 saturated heterocycles. The number of aromatic nitrogens is 2. The van der Waals surface area contributed by atoms with E-state index in [0.717, 1.165) is 76.2 Å². The number of ether oxygens (including phenoxy) is 1. The van der Waals surface area contributed by atoms with E-state index in [-0.39, 0.29) is 78.3 Å². The number of methoxy groups -OCH3 is 1. The Kier molecular flexibility index (Phi) is 35.2. The van der Waals surface area contributed by atoms with E-state index < -0.39 is 11.8 Å². The first kappa shape index (κ1) is 85.7. The van der Waals surface area contributed by atoms with Gasteiger partial charge in [0.15, 0.2) is 28.9 Å². The number of hydrogen-bond donors (Lipinski definition) is 2. The number of carbonyl (C=O) groups is 6. The van der Waals surface area contributed by atoms with E-state index >= 15 is 0 Å². The van der Waals surface area contributed by atoms with Gasteiger partial charge in [-0.05, 0) is 82.9 Å². The minimum Gasteiger partial charge on any atom is -1.00 e. The molecule has 1 heterocycles. The number of hydrogen-bond acceptors (Lipinski definition) is 10. The maximum atomic E-state index is 12.9. The van der Waals surface area contributed by atoms with Crippen molar-refractivity contribution in [2.75, 3.05) is 12.5 Å². The maximum Gasteiger partial charge on any atom is 1.00 e. The van der Waals surface area contributed by atoms with Gasteiger partial charge in [-0.15, -0.1) is 12.4 Å². The first-order chi connectivity index (χ1) is 53.9. The number of rotatable bonds is 19. The number of nitrogens with zero attached hydrogens (tertiary/aromatic N) is 2. The number of Topliss-reactive ketones (excluding diaryl/α,β-unsaturated/α-hetero) is 5. The Balaban J connectivity index is 0.000000195. The molecule has 15 rings (SSSR count). The molecule has 15 heteroatoms. The van der Waals surface area contributed by atoms with Gasteiger partial charge in [-0.3, -0.25) is 29.8 Å². The molecular weight excluding hydrogens is 1550 g/mol. The molecule has 0 spiro atoms. The Hall–Kier alpha value is -11.9. The second-order valence-electron chi connectivity index (χ2n) is 24.6. The van der Waals surface area contributed by atoms with E-state index in [4.69, 9.17) is 10.9 Å². The van der Waals surface area contributed by atoms with Crippen molar-refractivity contribution in [3.8, 4) is 39.3 Å². The summed E-state index contributed by atoms with van der Waals surface area (Å²) in [6, 6.07) is 130. The topological polar surface area (TPSA) is 168 Å². The van der Waals surface area contributed by atoms with Crippen LogP contribution in [0.25, 0.3) is 39.3 Å². The van der Waals surface area contributed by atoms with Crippen LogP contribution in [0.5, 0.6) is 0 Å². The van der Waals surface area contributed by atoms with Crippen molar-refractivity contribution in [3.05, 3.63) is 472 Å². The number of nitrogens with one attached hydrogen (secondary N) is 1. The predicted octanol–water partition coefficient (Wildman–Crippen LogP) is 20.6. The number of anilines is 1. The second-order valence-corrected chi connectivity index (χ2v) is 26.5. The Labute approximate surface area is 700 Å². The van der Waals surface area contributed by atoms with Crippen molar-refractivity contribution in [1.82, 2.24) is 9.78 Å². The quantitative estimate of drug-likeness (QED) is 0.0199. The third kappa shape index (κ3) is 25.1. The molecule has 11 nitrogen and oxygen atoms in total. The van der Waals surface area contributed by atoms with Gasteiger partial charge in [0, 0.05) is 65.6 Å². The molecule has 0 aliphatic carbocycles. The van der Waals surface area contributed by atoms with Crippen LogP contribution >= 0.6 is 44.3 Å². The van der Waals surface area contributed by atoms with Gasteiger partial charge in [-0.1, -0.05) is 384 Å².